The van der Waals surface area contributed by atoms with Crippen LogP contribution in [0.3, 0.4) is 0 Å². The molecule has 1 fully saturated rings. The number of nitrogens with one attached hydrogen (secondary N) is 1. The Balaban J connectivity index is 1.80. The predicted molar refractivity (Wildman–Crippen MR) is 62.4 cm³/mol. The monoisotopic (exact) mass is 199 g/mol. The average molecular weight is 199 g/mol. The van der Waals surface area contributed by atoms with E-state index in [-0.39, 0.29) is 0 Å². The molecule has 1 saturated heterocycles. The lowest BCUT2D eigenvalue weighted by Gasteiger charge is -2.10. The van der Waals surface area contributed by atoms with E-state index in [0.717, 1.165) is 6.04 Å². The zero-order chi connectivity index (χ0) is 9.36. The van der Waals surface area contributed by atoms with Gasteiger partial charge in [0.15, 0.2) is 0 Å². The lowest BCUT2D eigenvalue weighted by atomic mass is 10.2. The molecule has 0 aromatic carbocycles. The topological polar surface area (TPSA) is 12.0 Å². The van der Waals surface area contributed by atoms with Gasteiger partial charge in [-0.05, 0) is 38.0 Å². The van der Waals surface area contributed by atoms with Gasteiger partial charge in [0.25, 0.3) is 0 Å². The van der Waals surface area contributed by atoms with Crippen molar-refractivity contribution in [3.63, 3.8) is 0 Å². The maximum Gasteiger partial charge on any atom is 0.0166 e. The molecule has 1 aliphatic rings. The summed E-state index contributed by atoms with van der Waals surface area (Å²) in [6.45, 7) is 4.93. The maximum atomic E-state index is 3.72. The molecule has 1 N–H and O–H groups in total. The van der Waals surface area contributed by atoms with E-state index in [1.54, 1.807) is 0 Å². The van der Waals surface area contributed by atoms with Crippen molar-refractivity contribution in [2.24, 2.45) is 0 Å². The van der Waals surface area contributed by atoms with Gasteiger partial charge in [-0.3, -0.25) is 0 Å². The first-order valence-corrected chi connectivity index (χ1v) is 6.51. The van der Waals surface area contributed by atoms with Crippen molar-refractivity contribution < 1.29 is 0 Å². The molecule has 0 bridgehead atoms. The minimum absolute atomic E-state index is 0.810. The van der Waals surface area contributed by atoms with Crippen LogP contribution in [0.15, 0.2) is 12.7 Å². The third-order valence-corrected chi connectivity index (χ3v) is 3.61. The van der Waals surface area contributed by atoms with Crippen molar-refractivity contribution in [3.8, 4) is 0 Å². The third-order valence-electron chi connectivity index (χ3n) is 2.45. The molecule has 0 aliphatic carbocycles. The summed E-state index contributed by atoms with van der Waals surface area (Å²) in [4.78, 5) is 0. The molecule has 1 rings (SSSR count). The van der Waals surface area contributed by atoms with Gasteiger partial charge < -0.3 is 5.32 Å². The Morgan fingerprint density at radius 1 is 1.38 bits per heavy atom. The molecule has 0 aromatic rings. The van der Waals surface area contributed by atoms with Crippen LogP contribution in [0.25, 0.3) is 0 Å². The van der Waals surface area contributed by atoms with Gasteiger partial charge in [0.1, 0.15) is 0 Å². The van der Waals surface area contributed by atoms with Gasteiger partial charge in [-0.1, -0.05) is 12.5 Å². The normalized spacial score (nSPS) is 22.0. The Morgan fingerprint density at radius 3 is 3.00 bits per heavy atom. The van der Waals surface area contributed by atoms with Crippen molar-refractivity contribution in [3.05, 3.63) is 12.7 Å². The molecule has 1 heterocycles. The zero-order valence-electron chi connectivity index (χ0n) is 8.43. The first kappa shape index (κ1) is 11.1. The maximum absolute atomic E-state index is 3.72. The van der Waals surface area contributed by atoms with Crippen LogP contribution < -0.4 is 5.32 Å². The Hall–Kier alpha value is 0.0500. The molecule has 0 saturated carbocycles. The summed E-state index contributed by atoms with van der Waals surface area (Å²) in [5, 5.41) is 3.61. The molecule has 1 aliphatic heterocycles. The highest BCUT2D eigenvalue weighted by molar-refractivity contribution is 7.99. The van der Waals surface area contributed by atoms with Gasteiger partial charge in [0.2, 0.25) is 0 Å². The molecule has 0 amide bonds. The smallest absolute Gasteiger partial charge is 0.0166 e. The highest BCUT2D eigenvalue weighted by atomic mass is 32.2. The van der Waals surface area contributed by atoms with Gasteiger partial charge in [-0.25, -0.2) is 0 Å². The predicted octanol–water partition coefficient (Wildman–Crippen LogP) is 2.83. The Labute approximate surface area is 86.4 Å². The van der Waals surface area contributed by atoms with Gasteiger partial charge >= 0.3 is 0 Å². The summed E-state index contributed by atoms with van der Waals surface area (Å²) >= 11 is 2.08. The molecule has 13 heavy (non-hydrogen) atoms. The molecule has 2 heteroatoms. The minimum Gasteiger partial charge on any atom is -0.313 e. The van der Waals surface area contributed by atoms with E-state index in [4.69, 9.17) is 0 Å². The van der Waals surface area contributed by atoms with Gasteiger partial charge in [0, 0.05) is 11.8 Å². The lowest BCUT2D eigenvalue weighted by molar-refractivity contribution is 0.529. The van der Waals surface area contributed by atoms with Crippen LogP contribution >= 0.6 is 11.8 Å². The third kappa shape index (κ3) is 5.37. The minimum atomic E-state index is 0.810. The van der Waals surface area contributed by atoms with Gasteiger partial charge in [-0.2, -0.15) is 11.8 Å². The largest absolute Gasteiger partial charge is 0.313 e. The van der Waals surface area contributed by atoms with E-state index in [1.165, 1.54) is 50.2 Å². The van der Waals surface area contributed by atoms with E-state index in [0.29, 0.717) is 0 Å². The molecular weight excluding hydrogens is 178 g/mol. The molecule has 1 unspecified atom stereocenters. The van der Waals surface area contributed by atoms with Crippen LogP contribution in [0.5, 0.6) is 0 Å². The van der Waals surface area contributed by atoms with Crippen molar-refractivity contribution in [1.82, 2.24) is 5.32 Å². The quantitative estimate of drug-likeness (QED) is 0.500. The Bertz CT molecular complexity index is 130. The molecule has 0 spiro atoms. The van der Waals surface area contributed by atoms with E-state index >= 15 is 0 Å². The second kappa shape index (κ2) is 7.45. The summed E-state index contributed by atoms with van der Waals surface area (Å²) < 4.78 is 0. The Kier molecular flexibility index (Phi) is 6.38. The fourth-order valence-electron chi connectivity index (χ4n) is 1.59. The average Bonchev–Trinajstić information content (AvgIpc) is 2.63. The molecule has 76 valence electrons. The number of thioether (sulfide) groups is 1. The number of hydrogen-bond acceptors (Lipinski definition) is 2. The molecule has 0 aromatic heterocycles. The highest BCUT2D eigenvalue weighted by Crippen LogP contribution is 2.16. The van der Waals surface area contributed by atoms with Gasteiger partial charge in [-0.15, -0.1) is 6.58 Å². The molecular formula is C11H21NS. The molecule has 1 nitrogen and oxygen atoms in total. The van der Waals surface area contributed by atoms with Crippen LogP contribution in [0.2, 0.25) is 0 Å². The van der Waals surface area contributed by atoms with E-state index in [2.05, 4.69) is 23.7 Å². The van der Waals surface area contributed by atoms with Crippen molar-refractivity contribution in [2.75, 3.05) is 18.1 Å². The van der Waals surface area contributed by atoms with E-state index < -0.39 is 0 Å². The number of hydrogen-bond donors (Lipinski definition) is 1. The van der Waals surface area contributed by atoms with Crippen LogP contribution in [-0.2, 0) is 0 Å². The summed E-state index contributed by atoms with van der Waals surface area (Å²) in [5.41, 5.74) is 0. The summed E-state index contributed by atoms with van der Waals surface area (Å²) in [6.07, 6.45) is 8.55. The summed E-state index contributed by atoms with van der Waals surface area (Å²) in [5.74, 6) is 2.68. The first-order valence-electron chi connectivity index (χ1n) is 5.35. The number of unbranched alkanes of at least 4 members (excludes halogenated alkanes) is 3. The Morgan fingerprint density at radius 2 is 2.31 bits per heavy atom. The van der Waals surface area contributed by atoms with Crippen molar-refractivity contribution >= 4 is 11.8 Å². The highest BCUT2D eigenvalue weighted by Gasteiger charge is 2.13. The van der Waals surface area contributed by atoms with E-state index in [9.17, 15) is 0 Å². The number of rotatable bonds is 7. The van der Waals surface area contributed by atoms with Crippen LogP contribution in [0.1, 0.15) is 32.1 Å². The van der Waals surface area contributed by atoms with Crippen molar-refractivity contribution in [2.45, 2.75) is 38.1 Å². The van der Waals surface area contributed by atoms with Crippen LogP contribution in [0, 0.1) is 0 Å². The fourth-order valence-corrected chi connectivity index (χ4v) is 2.78. The van der Waals surface area contributed by atoms with E-state index in [1.807, 2.05) is 6.08 Å². The van der Waals surface area contributed by atoms with Crippen molar-refractivity contribution in [1.29, 1.82) is 0 Å². The van der Waals surface area contributed by atoms with Crippen LogP contribution in [0.4, 0.5) is 0 Å². The van der Waals surface area contributed by atoms with Gasteiger partial charge in [0.05, 0.1) is 0 Å². The van der Waals surface area contributed by atoms with Crippen LogP contribution in [-0.4, -0.2) is 24.1 Å². The SMILES string of the molecule is C=CCCCCCNC1CCSC1. The number of allylic oxidation sites excluding steroid dienone is 1. The standard InChI is InChI=1S/C11H21NS/c1-2-3-4-5-6-8-12-11-7-9-13-10-11/h2,11-12H,1,3-10H2. The second-order valence-corrected chi connectivity index (χ2v) is 4.80. The summed E-state index contributed by atoms with van der Waals surface area (Å²) in [6, 6.07) is 0.810. The fraction of sp³-hybridized carbons (Fsp3) is 0.818. The first-order chi connectivity index (χ1) is 6.43. The lowest BCUT2D eigenvalue weighted by Crippen LogP contribution is -2.29. The molecule has 0 radical (unpaired) electrons. The second-order valence-electron chi connectivity index (χ2n) is 3.65. The zero-order valence-corrected chi connectivity index (χ0v) is 9.24. The molecule has 1 atom stereocenters. The summed E-state index contributed by atoms with van der Waals surface area (Å²) in [7, 11) is 0.